The van der Waals surface area contributed by atoms with Crippen LogP contribution >= 0.6 is 15.9 Å². The maximum atomic E-state index is 13.2. The minimum atomic E-state index is -0.753. The molecule has 6 nitrogen and oxygen atoms in total. The van der Waals surface area contributed by atoms with Gasteiger partial charge in [0.2, 0.25) is 0 Å². The van der Waals surface area contributed by atoms with Crippen molar-refractivity contribution in [2.75, 3.05) is 14.2 Å². The second-order valence-electron chi connectivity index (χ2n) is 7.50. The molecule has 0 saturated carbocycles. The van der Waals surface area contributed by atoms with E-state index in [0.717, 1.165) is 11.1 Å². The first kappa shape index (κ1) is 22.6. The smallest absolute Gasteiger partial charge is 0.295 e. The molecule has 33 heavy (non-hydrogen) atoms. The summed E-state index contributed by atoms with van der Waals surface area (Å²) in [7, 11) is 3.10. The van der Waals surface area contributed by atoms with E-state index in [0.29, 0.717) is 21.5 Å². The van der Waals surface area contributed by atoms with E-state index in [1.165, 1.54) is 4.90 Å². The number of aliphatic hydroxyl groups is 1. The summed E-state index contributed by atoms with van der Waals surface area (Å²) < 4.78 is 11.3. The number of hydrogen-bond acceptors (Lipinski definition) is 5. The van der Waals surface area contributed by atoms with Gasteiger partial charge in [0.25, 0.3) is 11.7 Å². The third-order valence-electron chi connectivity index (χ3n) is 5.61. The molecule has 4 rings (SSSR count). The Balaban J connectivity index is 1.86. The summed E-state index contributed by atoms with van der Waals surface area (Å²) in [5.74, 6) is -0.451. The molecule has 1 atom stereocenters. The van der Waals surface area contributed by atoms with Crippen LogP contribution in [0.4, 0.5) is 0 Å². The van der Waals surface area contributed by atoms with Gasteiger partial charge >= 0.3 is 0 Å². The zero-order chi connectivity index (χ0) is 23.5. The molecule has 0 bridgehead atoms. The fraction of sp³-hybridized carbons (Fsp3) is 0.154. The van der Waals surface area contributed by atoms with Gasteiger partial charge in [-0.3, -0.25) is 9.59 Å². The minimum absolute atomic E-state index is 0.0400. The lowest BCUT2D eigenvalue weighted by molar-refractivity contribution is -0.140. The van der Waals surface area contributed by atoms with Gasteiger partial charge in [0.1, 0.15) is 17.3 Å². The van der Waals surface area contributed by atoms with Gasteiger partial charge in [0.05, 0.1) is 36.9 Å². The lowest BCUT2D eigenvalue weighted by Crippen LogP contribution is -2.29. The van der Waals surface area contributed by atoms with E-state index in [-0.39, 0.29) is 17.9 Å². The molecular formula is C26H22BrNO5. The highest BCUT2D eigenvalue weighted by Crippen LogP contribution is 2.41. The van der Waals surface area contributed by atoms with Crippen LogP contribution in [0.5, 0.6) is 11.5 Å². The SMILES string of the molecule is COc1ccc(/C(O)=C2/C(=O)C(=O)N(Cc3ccccc3OC)C2c2ccccc2)cc1Br. The number of carbonyl (C=O) groups is 2. The molecule has 1 unspecified atom stereocenters. The Hall–Kier alpha value is -3.58. The van der Waals surface area contributed by atoms with E-state index in [1.807, 2.05) is 48.5 Å². The van der Waals surface area contributed by atoms with Crippen molar-refractivity contribution in [3.05, 3.63) is 99.5 Å². The third-order valence-corrected chi connectivity index (χ3v) is 6.23. The van der Waals surface area contributed by atoms with Crippen LogP contribution in [-0.2, 0) is 16.1 Å². The molecule has 1 N–H and O–H groups in total. The van der Waals surface area contributed by atoms with E-state index < -0.39 is 17.7 Å². The number of likely N-dealkylation sites (tertiary alicyclic amines) is 1. The van der Waals surface area contributed by atoms with Crippen molar-refractivity contribution in [2.45, 2.75) is 12.6 Å². The maximum absolute atomic E-state index is 13.2. The predicted octanol–water partition coefficient (Wildman–Crippen LogP) is 5.09. The summed E-state index contributed by atoms with van der Waals surface area (Å²) in [6.45, 7) is 0.150. The molecule has 168 valence electrons. The van der Waals surface area contributed by atoms with Crippen LogP contribution < -0.4 is 9.47 Å². The number of para-hydroxylation sites is 1. The van der Waals surface area contributed by atoms with Crippen LogP contribution in [-0.4, -0.2) is 35.9 Å². The number of hydrogen-bond donors (Lipinski definition) is 1. The summed E-state index contributed by atoms with van der Waals surface area (Å²) in [6, 6.07) is 20.8. The zero-order valence-corrected chi connectivity index (χ0v) is 19.7. The van der Waals surface area contributed by atoms with Crippen molar-refractivity contribution in [3.63, 3.8) is 0 Å². The molecular weight excluding hydrogens is 486 g/mol. The normalized spacial score (nSPS) is 17.3. The van der Waals surface area contributed by atoms with E-state index in [4.69, 9.17) is 9.47 Å². The monoisotopic (exact) mass is 507 g/mol. The van der Waals surface area contributed by atoms with Gasteiger partial charge in [0.15, 0.2) is 0 Å². The molecule has 0 aromatic heterocycles. The highest BCUT2D eigenvalue weighted by atomic mass is 79.9. The number of rotatable bonds is 6. The van der Waals surface area contributed by atoms with Crippen LogP contribution in [0, 0.1) is 0 Å². The molecule has 1 fully saturated rings. The van der Waals surface area contributed by atoms with Crippen LogP contribution in [0.25, 0.3) is 5.76 Å². The number of benzene rings is 3. The average Bonchev–Trinajstić information content (AvgIpc) is 3.09. The van der Waals surface area contributed by atoms with Crippen LogP contribution in [0.2, 0.25) is 0 Å². The van der Waals surface area contributed by atoms with Crippen molar-refractivity contribution in [1.29, 1.82) is 0 Å². The average molecular weight is 508 g/mol. The van der Waals surface area contributed by atoms with Gasteiger partial charge in [-0.25, -0.2) is 0 Å². The molecule has 1 aliphatic heterocycles. The molecule has 1 heterocycles. The zero-order valence-electron chi connectivity index (χ0n) is 18.1. The van der Waals surface area contributed by atoms with Crippen molar-refractivity contribution in [3.8, 4) is 11.5 Å². The number of methoxy groups -OCH3 is 2. The third kappa shape index (κ3) is 4.24. The molecule has 0 radical (unpaired) electrons. The summed E-state index contributed by atoms with van der Waals surface area (Å²) in [6.07, 6.45) is 0. The fourth-order valence-electron chi connectivity index (χ4n) is 4.01. The fourth-order valence-corrected chi connectivity index (χ4v) is 4.55. The van der Waals surface area contributed by atoms with Crippen LogP contribution in [0.1, 0.15) is 22.7 Å². The van der Waals surface area contributed by atoms with Gasteiger partial charge in [-0.15, -0.1) is 0 Å². The van der Waals surface area contributed by atoms with Crippen molar-refractivity contribution >= 4 is 33.4 Å². The number of Topliss-reactive ketones (excluding diaryl/α,β-unsaturated/α-hetero) is 1. The topological polar surface area (TPSA) is 76.1 Å². The summed E-state index contributed by atoms with van der Waals surface area (Å²) >= 11 is 3.41. The summed E-state index contributed by atoms with van der Waals surface area (Å²) in [5.41, 5.74) is 1.92. The number of ketones is 1. The molecule has 0 aliphatic carbocycles. The highest BCUT2D eigenvalue weighted by molar-refractivity contribution is 9.10. The molecule has 1 saturated heterocycles. The molecule has 3 aromatic rings. The van der Waals surface area contributed by atoms with Gasteiger partial charge in [-0.1, -0.05) is 48.5 Å². The molecule has 7 heteroatoms. The van der Waals surface area contributed by atoms with Crippen molar-refractivity contribution < 1.29 is 24.2 Å². The highest BCUT2D eigenvalue weighted by Gasteiger charge is 2.46. The number of halogens is 1. The summed E-state index contributed by atoms with van der Waals surface area (Å²) in [5, 5.41) is 11.2. The number of nitrogens with zero attached hydrogens (tertiary/aromatic N) is 1. The van der Waals surface area contributed by atoms with E-state index in [2.05, 4.69) is 15.9 Å². The minimum Gasteiger partial charge on any atom is -0.507 e. The largest absolute Gasteiger partial charge is 0.507 e. The maximum Gasteiger partial charge on any atom is 0.295 e. The molecule has 1 amide bonds. The lowest BCUT2D eigenvalue weighted by atomic mass is 9.95. The molecule has 1 aliphatic rings. The Morgan fingerprint density at radius 2 is 1.61 bits per heavy atom. The number of ether oxygens (including phenoxy) is 2. The quantitative estimate of drug-likeness (QED) is 0.285. The first-order valence-corrected chi connectivity index (χ1v) is 11.0. The number of carbonyl (C=O) groups excluding carboxylic acids is 2. The first-order valence-electron chi connectivity index (χ1n) is 10.3. The van der Waals surface area contributed by atoms with E-state index in [1.54, 1.807) is 38.5 Å². The van der Waals surface area contributed by atoms with Crippen LogP contribution in [0.3, 0.4) is 0 Å². The van der Waals surface area contributed by atoms with Crippen molar-refractivity contribution in [1.82, 2.24) is 4.90 Å². The first-order chi connectivity index (χ1) is 16.0. The van der Waals surface area contributed by atoms with E-state index in [9.17, 15) is 14.7 Å². The van der Waals surface area contributed by atoms with E-state index >= 15 is 0 Å². The molecule has 3 aromatic carbocycles. The second-order valence-corrected chi connectivity index (χ2v) is 8.35. The van der Waals surface area contributed by atoms with Gasteiger partial charge in [-0.05, 0) is 45.8 Å². The Morgan fingerprint density at radius 3 is 2.27 bits per heavy atom. The van der Waals surface area contributed by atoms with Crippen molar-refractivity contribution in [2.24, 2.45) is 0 Å². The molecule has 0 spiro atoms. The Kier molecular flexibility index (Phi) is 6.51. The van der Waals surface area contributed by atoms with Crippen LogP contribution in [0.15, 0.2) is 82.8 Å². The summed E-state index contributed by atoms with van der Waals surface area (Å²) in [4.78, 5) is 27.8. The predicted molar refractivity (Wildman–Crippen MR) is 128 cm³/mol. The standard InChI is InChI=1S/C26H22BrNO5/c1-32-20-11-7-6-10-18(20)15-28-23(16-8-4-3-5-9-16)22(25(30)26(28)31)24(29)17-12-13-21(33-2)19(27)14-17/h3-14,23,29H,15H2,1-2H3/b24-22-. The lowest BCUT2D eigenvalue weighted by Gasteiger charge is -2.26. The van der Waals surface area contributed by atoms with Gasteiger partial charge in [-0.2, -0.15) is 0 Å². The van der Waals surface area contributed by atoms with Gasteiger partial charge in [0, 0.05) is 11.1 Å². The number of aliphatic hydroxyl groups excluding tert-OH is 1. The number of amides is 1. The second kappa shape index (κ2) is 9.50. The Bertz CT molecular complexity index is 1240. The Morgan fingerprint density at radius 1 is 0.939 bits per heavy atom. The Labute approximate surface area is 200 Å². The van der Waals surface area contributed by atoms with Gasteiger partial charge < -0.3 is 19.5 Å².